The Hall–Kier alpha value is -1.76. The Bertz CT molecular complexity index is 613. The number of nitrogens with zero attached hydrogens (tertiary/aromatic N) is 1. The molecule has 0 aliphatic heterocycles. The van der Waals surface area contributed by atoms with Gasteiger partial charge < -0.3 is 15.7 Å². The minimum Gasteiger partial charge on any atom is -0.396 e. The lowest BCUT2D eigenvalue weighted by molar-refractivity contribution is -0.114. The van der Waals surface area contributed by atoms with Gasteiger partial charge in [0.2, 0.25) is 5.91 Å². The number of amides is 1. The van der Waals surface area contributed by atoms with Crippen molar-refractivity contribution in [3.8, 4) is 11.3 Å². The molecule has 0 fully saturated rings. The summed E-state index contributed by atoms with van der Waals surface area (Å²) in [5, 5.41) is 17.9. The molecule has 0 saturated heterocycles. The van der Waals surface area contributed by atoms with E-state index in [1.807, 2.05) is 29.6 Å². The first-order valence-corrected chi connectivity index (χ1v) is 8.21. The molecule has 6 heteroatoms. The van der Waals surface area contributed by atoms with E-state index in [4.69, 9.17) is 5.11 Å². The first kappa shape index (κ1) is 16.6. The smallest absolute Gasteiger partial charge is 0.221 e. The van der Waals surface area contributed by atoms with E-state index in [0.29, 0.717) is 0 Å². The second kappa shape index (κ2) is 8.63. The van der Waals surface area contributed by atoms with Crippen LogP contribution in [-0.4, -0.2) is 35.7 Å². The monoisotopic (exact) mass is 319 g/mol. The molecule has 2 aromatic rings. The van der Waals surface area contributed by atoms with E-state index in [1.165, 1.54) is 6.92 Å². The molecule has 0 unspecified atom stereocenters. The molecule has 0 aliphatic rings. The number of aliphatic hydroxyl groups is 1. The van der Waals surface area contributed by atoms with Gasteiger partial charge in [0, 0.05) is 43.1 Å². The van der Waals surface area contributed by atoms with Gasteiger partial charge in [-0.25, -0.2) is 4.98 Å². The second-order valence-corrected chi connectivity index (χ2v) is 5.91. The zero-order chi connectivity index (χ0) is 15.8. The maximum absolute atomic E-state index is 11.1. The molecule has 0 atom stereocenters. The van der Waals surface area contributed by atoms with Gasteiger partial charge >= 0.3 is 0 Å². The largest absolute Gasteiger partial charge is 0.396 e. The van der Waals surface area contributed by atoms with Crippen molar-refractivity contribution < 1.29 is 9.90 Å². The molecule has 2 rings (SSSR count). The van der Waals surface area contributed by atoms with Gasteiger partial charge in [-0.2, -0.15) is 0 Å². The van der Waals surface area contributed by atoms with E-state index in [1.54, 1.807) is 11.3 Å². The van der Waals surface area contributed by atoms with E-state index >= 15 is 0 Å². The van der Waals surface area contributed by atoms with Gasteiger partial charge in [0.15, 0.2) is 0 Å². The van der Waals surface area contributed by atoms with Crippen LogP contribution in [0.25, 0.3) is 11.3 Å². The van der Waals surface area contributed by atoms with Crippen molar-refractivity contribution in [3.63, 3.8) is 0 Å². The van der Waals surface area contributed by atoms with Crippen molar-refractivity contribution in [2.24, 2.45) is 0 Å². The molecule has 118 valence electrons. The fraction of sp³-hybridized carbons (Fsp3) is 0.375. The maximum Gasteiger partial charge on any atom is 0.221 e. The Labute approximate surface area is 134 Å². The number of nitrogens with one attached hydrogen (secondary N) is 2. The van der Waals surface area contributed by atoms with Crippen LogP contribution < -0.4 is 10.6 Å². The van der Waals surface area contributed by atoms with Crippen molar-refractivity contribution >= 4 is 22.9 Å². The number of anilines is 1. The first-order chi connectivity index (χ1) is 10.7. The molecular weight excluding hydrogens is 298 g/mol. The highest BCUT2D eigenvalue weighted by molar-refractivity contribution is 7.09. The SMILES string of the molecule is CC(=O)Nc1cccc(-c2csc(CCNCCCO)n2)c1. The number of aromatic nitrogens is 1. The summed E-state index contributed by atoms with van der Waals surface area (Å²) in [6, 6.07) is 7.70. The third-order valence-electron chi connectivity index (χ3n) is 3.06. The fourth-order valence-corrected chi connectivity index (χ4v) is 2.85. The number of benzene rings is 1. The lowest BCUT2D eigenvalue weighted by Crippen LogP contribution is -2.19. The average Bonchev–Trinajstić information content (AvgIpc) is 2.95. The predicted octanol–water partition coefficient (Wildman–Crippen LogP) is 2.28. The van der Waals surface area contributed by atoms with Gasteiger partial charge in [0.25, 0.3) is 0 Å². The number of hydrogen-bond donors (Lipinski definition) is 3. The molecule has 1 heterocycles. The van der Waals surface area contributed by atoms with Crippen LogP contribution in [-0.2, 0) is 11.2 Å². The fourth-order valence-electron chi connectivity index (χ4n) is 2.04. The summed E-state index contributed by atoms with van der Waals surface area (Å²) >= 11 is 1.64. The number of aliphatic hydroxyl groups excluding tert-OH is 1. The quantitative estimate of drug-likeness (QED) is 0.653. The third-order valence-corrected chi connectivity index (χ3v) is 3.97. The van der Waals surface area contributed by atoms with Crippen LogP contribution in [0.5, 0.6) is 0 Å². The summed E-state index contributed by atoms with van der Waals surface area (Å²) < 4.78 is 0. The molecule has 3 N–H and O–H groups in total. The van der Waals surface area contributed by atoms with Crippen molar-refractivity contribution in [3.05, 3.63) is 34.7 Å². The summed E-state index contributed by atoms with van der Waals surface area (Å²) in [5.41, 5.74) is 2.72. The number of carbonyl (C=O) groups excluding carboxylic acids is 1. The molecule has 0 spiro atoms. The van der Waals surface area contributed by atoms with E-state index < -0.39 is 0 Å². The van der Waals surface area contributed by atoms with Gasteiger partial charge in [-0.3, -0.25) is 4.79 Å². The predicted molar refractivity (Wildman–Crippen MR) is 90.1 cm³/mol. The molecule has 1 aromatic carbocycles. The Morgan fingerprint density at radius 2 is 2.23 bits per heavy atom. The Balaban J connectivity index is 1.94. The number of hydrogen-bond acceptors (Lipinski definition) is 5. The highest BCUT2D eigenvalue weighted by Gasteiger charge is 2.06. The van der Waals surface area contributed by atoms with Crippen molar-refractivity contribution in [1.29, 1.82) is 0 Å². The van der Waals surface area contributed by atoms with Crippen molar-refractivity contribution in [2.75, 3.05) is 25.0 Å². The molecular formula is C16H21N3O2S. The first-order valence-electron chi connectivity index (χ1n) is 7.33. The summed E-state index contributed by atoms with van der Waals surface area (Å²) in [6.07, 6.45) is 1.65. The normalized spacial score (nSPS) is 10.6. The van der Waals surface area contributed by atoms with Crippen LogP contribution in [0.1, 0.15) is 18.4 Å². The van der Waals surface area contributed by atoms with Gasteiger partial charge in [-0.1, -0.05) is 12.1 Å². The summed E-state index contributed by atoms with van der Waals surface area (Å²) in [6.45, 7) is 3.41. The highest BCUT2D eigenvalue weighted by Crippen LogP contribution is 2.24. The lowest BCUT2D eigenvalue weighted by atomic mass is 10.1. The molecule has 5 nitrogen and oxygen atoms in total. The van der Waals surface area contributed by atoms with E-state index in [-0.39, 0.29) is 12.5 Å². The van der Waals surface area contributed by atoms with Gasteiger partial charge in [-0.05, 0) is 25.1 Å². The zero-order valence-electron chi connectivity index (χ0n) is 12.6. The standard InChI is InChI=1S/C16H21N3O2S/c1-12(21)18-14-5-2-4-13(10-14)15-11-22-16(19-15)6-8-17-7-3-9-20/h2,4-5,10-11,17,20H,3,6-9H2,1H3,(H,18,21). The van der Waals surface area contributed by atoms with Crippen LogP contribution in [0.15, 0.2) is 29.6 Å². The Morgan fingerprint density at radius 1 is 1.36 bits per heavy atom. The number of rotatable bonds is 8. The van der Waals surface area contributed by atoms with E-state index in [0.717, 1.165) is 47.9 Å². The van der Waals surface area contributed by atoms with Crippen LogP contribution in [0.3, 0.4) is 0 Å². The number of thiazole rings is 1. The summed E-state index contributed by atoms with van der Waals surface area (Å²) in [5.74, 6) is -0.0786. The van der Waals surface area contributed by atoms with Gasteiger partial charge in [0.1, 0.15) is 0 Å². The Morgan fingerprint density at radius 3 is 3.00 bits per heavy atom. The molecule has 1 aromatic heterocycles. The molecule has 1 amide bonds. The van der Waals surface area contributed by atoms with E-state index in [2.05, 4.69) is 15.6 Å². The molecule has 0 aliphatic carbocycles. The molecule has 0 bridgehead atoms. The van der Waals surface area contributed by atoms with Crippen LogP contribution in [0.4, 0.5) is 5.69 Å². The molecule has 0 radical (unpaired) electrons. The van der Waals surface area contributed by atoms with Crippen molar-refractivity contribution in [1.82, 2.24) is 10.3 Å². The summed E-state index contributed by atoms with van der Waals surface area (Å²) in [7, 11) is 0. The second-order valence-electron chi connectivity index (χ2n) is 4.97. The summed E-state index contributed by atoms with van der Waals surface area (Å²) in [4.78, 5) is 15.7. The van der Waals surface area contributed by atoms with Crippen LogP contribution in [0.2, 0.25) is 0 Å². The molecule has 0 saturated carbocycles. The van der Waals surface area contributed by atoms with Crippen LogP contribution >= 0.6 is 11.3 Å². The highest BCUT2D eigenvalue weighted by atomic mass is 32.1. The maximum atomic E-state index is 11.1. The lowest BCUT2D eigenvalue weighted by Gasteiger charge is -2.04. The zero-order valence-corrected chi connectivity index (χ0v) is 13.4. The van der Waals surface area contributed by atoms with E-state index in [9.17, 15) is 4.79 Å². The van der Waals surface area contributed by atoms with Gasteiger partial charge in [0.05, 0.1) is 10.7 Å². The van der Waals surface area contributed by atoms with Gasteiger partial charge in [-0.15, -0.1) is 11.3 Å². The van der Waals surface area contributed by atoms with Crippen LogP contribution in [0, 0.1) is 0 Å². The number of carbonyl (C=O) groups is 1. The molecule has 22 heavy (non-hydrogen) atoms. The van der Waals surface area contributed by atoms with Crippen molar-refractivity contribution in [2.45, 2.75) is 19.8 Å². The minimum absolute atomic E-state index is 0.0786. The minimum atomic E-state index is -0.0786. The topological polar surface area (TPSA) is 74.2 Å². The average molecular weight is 319 g/mol. The third kappa shape index (κ3) is 5.22. The Kier molecular flexibility index (Phi) is 6.51.